The Hall–Kier alpha value is -1.79. The van der Waals surface area contributed by atoms with Gasteiger partial charge in [0.25, 0.3) is 0 Å². The third-order valence-electron chi connectivity index (χ3n) is 3.70. The number of alkyl halides is 1. The second-order valence-electron chi connectivity index (χ2n) is 5.05. The second-order valence-corrected chi connectivity index (χ2v) is 5.05. The van der Waals surface area contributed by atoms with E-state index in [1.54, 1.807) is 11.6 Å². The Bertz CT molecular complexity index is 540. The van der Waals surface area contributed by atoms with E-state index >= 15 is 0 Å². The minimum Gasteiger partial charge on any atom is -0.300 e. The summed E-state index contributed by atoms with van der Waals surface area (Å²) >= 11 is 0. The van der Waals surface area contributed by atoms with E-state index in [2.05, 4.69) is 15.2 Å². The second kappa shape index (κ2) is 4.40. The molecule has 0 saturated carbocycles. The molecule has 102 valence electrons. The van der Waals surface area contributed by atoms with Gasteiger partial charge in [0.15, 0.2) is 12.0 Å². The molecule has 0 aliphatic carbocycles. The number of nitrogens with zero attached hydrogens (tertiary/aromatic N) is 5. The van der Waals surface area contributed by atoms with E-state index in [1.165, 1.54) is 0 Å². The zero-order chi connectivity index (χ0) is 13.6. The van der Waals surface area contributed by atoms with Crippen LogP contribution in [0.3, 0.4) is 0 Å². The van der Waals surface area contributed by atoms with Crippen molar-refractivity contribution < 1.29 is 9.18 Å². The monoisotopic (exact) mass is 265 g/mol. The molecule has 19 heavy (non-hydrogen) atoms. The van der Waals surface area contributed by atoms with Crippen molar-refractivity contribution in [2.75, 3.05) is 13.6 Å². The predicted octanol–water partition coefficient (Wildman–Crippen LogP) is 1.37. The molecule has 7 heteroatoms. The standard InChI is InChI=1S/C12H16FN5O/c1-3-10(19)11-15-12-8(13)4-9(18(12)16-11)7-5-14-17(2)6-7/h5,7-9H,3-4,6H2,1-2H3/t7-,8-,9-/m0/s1. The van der Waals surface area contributed by atoms with Crippen LogP contribution >= 0.6 is 0 Å². The van der Waals surface area contributed by atoms with E-state index in [-0.39, 0.29) is 29.4 Å². The maximum atomic E-state index is 14.0. The molecule has 0 radical (unpaired) electrons. The molecule has 0 unspecified atom stereocenters. The minimum absolute atomic E-state index is 0.0930. The van der Waals surface area contributed by atoms with E-state index < -0.39 is 6.17 Å². The first kappa shape index (κ1) is 12.3. The van der Waals surface area contributed by atoms with Crippen LogP contribution < -0.4 is 0 Å². The van der Waals surface area contributed by atoms with Gasteiger partial charge in [-0.05, 0) is 0 Å². The van der Waals surface area contributed by atoms with Crippen molar-refractivity contribution in [2.24, 2.45) is 11.0 Å². The van der Waals surface area contributed by atoms with Crippen LogP contribution in [0.2, 0.25) is 0 Å². The third-order valence-corrected chi connectivity index (χ3v) is 3.70. The molecule has 2 aliphatic rings. The predicted molar refractivity (Wildman–Crippen MR) is 66.8 cm³/mol. The van der Waals surface area contributed by atoms with Crippen LogP contribution in [0.15, 0.2) is 5.10 Å². The summed E-state index contributed by atoms with van der Waals surface area (Å²) in [6.45, 7) is 2.49. The first-order valence-electron chi connectivity index (χ1n) is 6.49. The van der Waals surface area contributed by atoms with Gasteiger partial charge in [0, 0.05) is 38.6 Å². The van der Waals surface area contributed by atoms with Crippen LogP contribution in [0.25, 0.3) is 0 Å². The Kier molecular flexibility index (Phi) is 2.83. The lowest BCUT2D eigenvalue weighted by atomic mass is 9.99. The maximum Gasteiger partial charge on any atom is 0.217 e. The Labute approximate surface area is 110 Å². The maximum absolute atomic E-state index is 14.0. The highest BCUT2D eigenvalue weighted by molar-refractivity contribution is 5.92. The highest BCUT2D eigenvalue weighted by Crippen LogP contribution is 2.40. The fourth-order valence-electron chi connectivity index (χ4n) is 2.66. The fourth-order valence-corrected chi connectivity index (χ4v) is 2.66. The molecule has 0 bridgehead atoms. The van der Waals surface area contributed by atoms with Gasteiger partial charge < -0.3 is 0 Å². The summed E-state index contributed by atoms with van der Waals surface area (Å²) in [5.41, 5.74) is 0. The van der Waals surface area contributed by atoms with E-state index in [0.29, 0.717) is 12.8 Å². The average Bonchev–Trinajstić information content (AvgIpc) is 3.06. The Morgan fingerprint density at radius 2 is 2.37 bits per heavy atom. The van der Waals surface area contributed by atoms with Gasteiger partial charge in [-0.2, -0.15) is 5.10 Å². The molecule has 0 fully saturated rings. The molecule has 3 atom stereocenters. The highest BCUT2D eigenvalue weighted by Gasteiger charge is 2.40. The topological polar surface area (TPSA) is 63.4 Å². The smallest absolute Gasteiger partial charge is 0.217 e. The molecule has 0 saturated heterocycles. The lowest BCUT2D eigenvalue weighted by Gasteiger charge is -2.17. The molecule has 1 aromatic rings. The molecule has 6 nitrogen and oxygen atoms in total. The SMILES string of the molecule is CCC(=O)c1nc2n(n1)[C@H]([C@H]1C=NN(C)C1)C[C@@H]2F. The van der Waals surface area contributed by atoms with Crippen molar-refractivity contribution in [3.05, 3.63) is 11.6 Å². The molecule has 0 aromatic carbocycles. The van der Waals surface area contributed by atoms with E-state index in [1.807, 2.05) is 18.3 Å². The van der Waals surface area contributed by atoms with Gasteiger partial charge in [0.05, 0.1) is 6.04 Å². The number of hydrogen-bond donors (Lipinski definition) is 0. The largest absolute Gasteiger partial charge is 0.300 e. The lowest BCUT2D eigenvalue weighted by Crippen LogP contribution is -2.23. The molecule has 0 N–H and O–H groups in total. The Morgan fingerprint density at radius 3 is 3.00 bits per heavy atom. The number of carbonyl (C=O) groups is 1. The summed E-state index contributed by atoms with van der Waals surface area (Å²) in [6.07, 6.45) is 1.38. The normalized spacial score (nSPS) is 29.0. The molecule has 1 aromatic heterocycles. The number of hydrogen-bond acceptors (Lipinski definition) is 5. The first-order valence-corrected chi connectivity index (χ1v) is 6.49. The number of Topliss-reactive ketones (excluding diaryl/α,β-unsaturated/α-hetero) is 1. The van der Waals surface area contributed by atoms with Gasteiger partial charge in [0.1, 0.15) is 0 Å². The van der Waals surface area contributed by atoms with Crippen LogP contribution in [-0.4, -0.2) is 45.4 Å². The van der Waals surface area contributed by atoms with Gasteiger partial charge in [-0.1, -0.05) is 6.92 Å². The molecule has 3 heterocycles. The zero-order valence-electron chi connectivity index (χ0n) is 11.0. The number of fused-ring (bicyclic) bond motifs is 1. The van der Waals surface area contributed by atoms with E-state index in [0.717, 1.165) is 6.54 Å². The highest BCUT2D eigenvalue weighted by atomic mass is 19.1. The van der Waals surface area contributed by atoms with Crippen molar-refractivity contribution >= 4 is 12.0 Å². The van der Waals surface area contributed by atoms with E-state index in [9.17, 15) is 9.18 Å². The Balaban J connectivity index is 1.90. The summed E-state index contributed by atoms with van der Waals surface area (Å²) < 4.78 is 15.6. The number of rotatable bonds is 3. The van der Waals surface area contributed by atoms with Gasteiger partial charge in [-0.25, -0.2) is 14.1 Å². The van der Waals surface area contributed by atoms with Crippen LogP contribution in [0, 0.1) is 5.92 Å². The number of halogens is 1. The summed E-state index contributed by atoms with van der Waals surface area (Å²) in [5.74, 6) is 0.388. The summed E-state index contributed by atoms with van der Waals surface area (Å²) in [7, 11) is 1.88. The van der Waals surface area contributed by atoms with Gasteiger partial charge >= 0.3 is 0 Å². The van der Waals surface area contributed by atoms with Crippen molar-refractivity contribution in [3.8, 4) is 0 Å². The van der Waals surface area contributed by atoms with Crippen LogP contribution in [0.1, 0.15) is 48.4 Å². The Morgan fingerprint density at radius 1 is 1.58 bits per heavy atom. The van der Waals surface area contributed by atoms with Crippen molar-refractivity contribution in [3.63, 3.8) is 0 Å². The van der Waals surface area contributed by atoms with Crippen LogP contribution in [0.4, 0.5) is 4.39 Å². The van der Waals surface area contributed by atoms with Gasteiger partial charge in [-0.3, -0.25) is 9.80 Å². The third kappa shape index (κ3) is 1.93. The summed E-state index contributed by atoms with van der Waals surface area (Å²) in [6, 6.07) is -0.0930. The van der Waals surface area contributed by atoms with Crippen molar-refractivity contribution in [1.29, 1.82) is 0 Å². The van der Waals surface area contributed by atoms with Crippen molar-refractivity contribution in [2.45, 2.75) is 32.0 Å². The van der Waals surface area contributed by atoms with Gasteiger partial charge in [0.2, 0.25) is 11.6 Å². The summed E-state index contributed by atoms with van der Waals surface area (Å²) in [5, 5.41) is 10.2. The first-order chi connectivity index (χ1) is 9.10. The number of carbonyl (C=O) groups excluding carboxylic acids is 1. The molecule has 0 amide bonds. The molecular weight excluding hydrogens is 249 g/mol. The molecule has 2 aliphatic heterocycles. The average molecular weight is 265 g/mol. The number of hydrazone groups is 1. The molecule has 3 rings (SSSR count). The number of ketones is 1. The van der Waals surface area contributed by atoms with Crippen LogP contribution in [0.5, 0.6) is 0 Å². The van der Waals surface area contributed by atoms with Gasteiger partial charge in [-0.15, -0.1) is 5.10 Å². The molecular formula is C12H16FN5O. The van der Waals surface area contributed by atoms with Crippen LogP contribution in [-0.2, 0) is 0 Å². The zero-order valence-corrected chi connectivity index (χ0v) is 11.0. The minimum atomic E-state index is -1.14. The van der Waals surface area contributed by atoms with E-state index in [4.69, 9.17) is 0 Å². The number of aromatic nitrogens is 3. The van der Waals surface area contributed by atoms with Crippen molar-refractivity contribution in [1.82, 2.24) is 19.8 Å². The summed E-state index contributed by atoms with van der Waals surface area (Å²) in [4.78, 5) is 15.7. The quantitative estimate of drug-likeness (QED) is 0.774. The fraction of sp³-hybridized carbons (Fsp3) is 0.667. The molecule has 0 spiro atoms. The lowest BCUT2D eigenvalue weighted by molar-refractivity contribution is 0.0977.